The number of fused-ring (bicyclic) bond motifs is 2. The van der Waals surface area contributed by atoms with Crippen molar-refractivity contribution >= 4 is 43.1 Å². The lowest BCUT2D eigenvalue weighted by Gasteiger charge is -2.21. The molecule has 7 aromatic rings. The third kappa shape index (κ3) is 3.70. The summed E-state index contributed by atoms with van der Waals surface area (Å²) >= 11 is 0. The molecule has 0 amide bonds. The maximum atomic E-state index is 13.4. The molecule has 0 N–H and O–H groups in total. The van der Waals surface area contributed by atoms with Gasteiger partial charge in [-0.3, -0.25) is 0 Å². The van der Waals surface area contributed by atoms with E-state index in [1.165, 1.54) is 24.3 Å². The van der Waals surface area contributed by atoms with Crippen LogP contribution in [0.1, 0.15) is 11.1 Å². The molecule has 196 valence electrons. The number of alkyl halides is 6. The molecule has 0 aromatic heterocycles. The van der Waals surface area contributed by atoms with Crippen LogP contribution >= 0.6 is 0 Å². The topological polar surface area (TPSA) is 0 Å². The predicted octanol–water partition coefficient (Wildman–Crippen LogP) is 11.1. The second-order valence-corrected chi connectivity index (χ2v) is 9.94. The van der Waals surface area contributed by atoms with E-state index >= 15 is 0 Å². The smallest absolute Gasteiger partial charge is 0.166 e. The van der Waals surface area contributed by atoms with Crippen molar-refractivity contribution in [1.82, 2.24) is 0 Å². The summed E-state index contributed by atoms with van der Waals surface area (Å²) in [6.45, 7) is 0. The van der Waals surface area contributed by atoms with Crippen LogP contribution in [0.4, 0.5) is 26.3 Å². The zero-order valence-electron chi connectivity index (χ0n) is 20.7. The minimum absolute atomic E-state index is 0.539. The van der Waals surface area contributed by atoms with Gasteiger partial charge in [-0.1, -0.05) is 78.9 Å². The number of rotatable bonds is 2. The molecule has 0 aliphatic carbocycles. The van der Waals surface area contributed by atoms with Crippen molar-refractivity contribution in [2.24, 2.45) is 0 Å². The van der Waals surface area contributed by atoms with Crippen molar-refractivity contribution in [2.45, 2.75) is 12.4 Å². The average molecular weight is 541 g/mol. The molecule has 0 atom stereocenters. The molecule has 0 unspecified atom stereocenters. The monoisotopic (exact) mass is 540 g/mol. The molecule has 7 rings (SSSR count). The fourth-order valence-electron chi connectivity index (χ4n) is 5.92. The van der Waals surface area contributed by atoms with Crippen molar-refractivity contribution in [3.8, 4) is 22.3 Å². The van der Waals surface area contributed by atoms with Crippen LogP contribution in [0.2, 0.25) is 0 Å². The molecule has 0 heterocycles. The highest BCUT2D eigenvalue weighted by molar-refractivity contribution is 6.36. The summed E-state index contributed by atoms with van der Waals surface area (Å²) in [5.41, 5.74) is 0.869. The Labute approximate surface area is 224 Å². The Bertz CT molecular complexity index is 2040. The lowest BCUT2D eigenvalue weighted by molar-refractivity contribution is -0.138. The van der Waals surface area contributed by atoms with Gasteiger partial charge in [0, 0.05) is 0 Å². The zero-order chi connectivity index (χ0) is 27.8. The minimum atomic E-state index is -4.50. The van der Waals surface area contributed by atoms with Gasteiger partial charge in [0.05, 0.1) is 11.1 Å². The highest BCUT2D eigenvalue weighted by Gasteiger charge is 2.31. The van der Waals surface area contributed by atoms with Crippen LogP contribution in [-0.4, -0.2) is 0 Å². The Kier molecular flexibility index (Phi) is 5.17. The Morgan fingerprint density at radius 3 is 1.43 bits per heavy atom. The maximum Gasteiger partial charge on any atom is 0.416 e. The van der Waals surface area contributed by atoms with E-state index in [1.807, 2.05) is 54.6 Å². The van der Waals surface area contributed by atoms with E-state index in [-0.39, 0.29) is 0 Å². The number of hydrogen-bond donors (Lipinski definition) is 0. The van der Waals surface area contributed by atoms with Gasteiger partial charge in [-0.2, -0.15) is 26.3 Å². The van der Waals surface area contributed by atoms with Gasteiger partial charge in [0.1, 0.15) is 0 Å². The molecule has 6 heteroatoms. The summed E-state index contributed by atoms with van der Waals surface area (Å²) in [6, 6.07) is 29.8. The second-order valence-electron chi connectivity index (χ2n) is 9.94. The lowest BCUT2D eigenvalue weighted by atomic mass is 9.82. The summed E-state index contributed by atoms with van der Waals surface area (Å²) in [4.78, 5) is 0. The summed E-state index contributed by atoms with van der Waals surface area (Å²) in [5, 5.41) is 7.76. The van der Waals surface area contributed by atoms with Crippen molar-refractivity contribution in [3.05, 3.63) is 120 Å². The first-order valence-electron chi connectivity index (χ1n) is 12.6. The first-order chi connectivity index (χ1) is 19.1. The quantitative estimate of drug-likeness (QED) is 0.116. The van der Waals surface area contributed by atoms with E-state index in [9.17, 15) is 26.3 Å². The molecule has 0 spiro atoms. The Hall–Kier alpha value is -4.58. The van der Waals surface area contributed by atoms with Crippen molar-refractivity contribution < 1.29 is 26.3 Å². The van der Waals surface area contributed by atoms with E-state index in [1.54, 1.807) is 0 Å². The predicted molar refractivity (Wildman–Crippen MR) is 149 cm³/mol. The Morgan fingerprint density at radius 2 is 0.875 bits per heavy atom. The summed E-state index contributed by atoms with van der Waals surface area (Å²) in [7, 11) is 0. The van der Waals surface area contributed by atoms with Crippen LogP contribution in [0.3, 0.4) is 0 Å². The van der Waals surface area contributed by atoms with Gasteiger partial charge >= 0.3 is 12.4 Å². The molecule has 7 aromatic carbocycles. The third-order valence-electron chi connectivity index (χ3n) is 7.65. The molecule has 0 nitrogen and oxygen atoms in total. The van der Waals surface area contributed by atoms with E-state index < -0.39 is 23.5 Å². The van der Waals surface area contributed by atoms with Gasteiger partial charge in [-0.15, -0.1) is 0 Å². The molecule has 0 radical (unpaired) electrons. The van der Waals surface area contributed by atoms with Crippen molar-refractivity contribution in [3.63, 3.8) is 0 Å². The van der Waals surface area contributed by atoms with Gasteiger partial charge < -0.3 is 0 Å². The highest BCUT2D eigenvalue weighted by Crippen LogP contribution is 2.48. The first-order valence-corrected chi connectivity index (χ1v) is 12.6. The molecule has 0 aliphatic heterocycles. The fraction of sp³-hybridized carbons (Fsp3) is 0.0588. The Morgan fingerprint density at radius 1 is 0.400 bits per heavy atom. The van der Waals surface area contributed by atoms with Gasteiger partial charge in [-0.25, -0.2) is 0 Å². The molecule has 0 aliphatic rings. The van der Waals surface area contributed by atoms with Gasteiger partial charge in [-0.05, 0) is 95.7 Å². The summed E-state index contributed by atoms with van der Waals surface area (Å²) < 4.78 is 80.4. The average Bonchev–Trinajstić information content (AvgIpc) is 2.94. The normalized spacial score (nSPS) is 12.8. The van der Waals surface area contributed by atoms with Crippen molar-refractivity contribution in [1.29, 1.82) is 0 Å². The lowest BCUT2D eigenvalue weighted by Crippen LogP contribution is -2.04. The summed E-state index contributed by atoms with van der Waals surface area (Å²) in [5.74, 6) is 0. The number of hydrogen-bond acceptors (Lipinski definition) is 0. The molecule has 0 saturated heterocycles. The van der Waals surface area contributed by atoms with Gasteiger partial charge in [0.2, 0.25) is 0 Å². The second kappa shape index (κ2) is 8.46. The number of halogens is 6. The van der Waals surface area contributed by atoms with Crippen molar-refractivity contribution in [2.75, 3.05) is 0 Å². The van der Waals surface area contributed by atoms with Crippen LogP contribution < -0.4 is 0 Å². The summed E-state index contributed by atoms with van der Waals surface area (Å²) in [6.07, 6.45) is -8.98. The van der Waals surface area contributed by atoms with Gasteiger partial charge in [0.15, 0.2) is 0 Å². The van der Waals surface area contributed by atoms with Gasteiger partial charge in [0.25, 0.3) is 0 Å². The van der Waals surface area contributed by atoms with E-state index in [0.717, 1.165) is 67.4 Å². The highest BCUT2D eigenvalue weighted by atomic mass is 19.4. The number of benzene rings is 7. The Balaban J connectivity index is 1.66. The maximum absolute atomic E-state index is 13.4. The molecule has 40 heavy (non-hydrogen) atoms. The third-order valence-corrected chi connectivity index (χ3v) is 7.65. The molecule has 0 fully saturated rings. The zero-order valence-corrected chi connectivity index (χ0v) is 20.7. The minimum Gasteiger partial charge on any atom is -0.166 e. The standard InChI is InChI=1S/C34H18F6/c35-33(36,37)23-14-10-19(11-15-23)28-18-22-6-3-8-26-25-7-1-4-20-5-2-9-27(29(20)25)32(31(22)26)30(28)21-12-16-24(17-13-21)34(38,39)40/h1-18H. The van der Waals surface area contributed by atoms with Crippen LogP contribution in [0.5, 0.6) is 0 Å². The van der Waals surface area contributed by atoms with Crippen LogP contribution in [0.15, 0.2) is 109 Å². The fourth-order valence-corrected chi connectivity index (χ4v) is 5.92. The SMILES string of the molecule is FC(F)(F)c1ccc(-c2cc3cccc4c5cccc6cccc(c(c2-c2ccc(C(F)(F)F)cc2)c34)c65)cc1. The molecule has 0 saturated carbocycles. The largest absolute Gasteiger partial charge is 0.416 e. The van der Waals surface area contributed by atoms with E-state index in [2.05, 4.69) is 6.07 Å². The molecular weight excluding hydrogens is 522 g/mol. The van der Waals surface area contributed by atoms with Crippen LogP contribution in [0, 0.1) is 0 Å². The van der Waals surface area contributed by atoms with Crippen LogP contribution in [-0.2, 0) is 12.4 Å². The first kappa shape index (κ1) is 24.5. The van der Waals surface area contributed by atoms with E-state index in [0.29, 0.717) is 22.3 Å². The van der Waals surface area contributed by atoms with Crippen LogP contribution in [0.25, 0.3) is 65.3 Å². The molecule has 0 bridgehead atoms. The molecular formula is C34H18F6. The van der Waals surface area contributed by atoms with E-state index in [4.69, 9.17) is 0 Å².